The first-order valence-corrected chi connectivity index (χ1v) is 10.6. The van der Waals surface area contributed by atoms with Crippen LogP contribution in [0.5, 0.6) is 0 Å². The summed E-state index contributed by atoms with van der Waals surface area (Å²) in [6.07, 6.45) is 8.29. The molecule has 2 aromatic rings. The van der Waals surface area contributed by atoms with E-state index in [1.54, 1.807) is 12.3 Å². The largest absolute Gasteiger partial charge is 0.325 e. The molecule has 1 aromatic heterocycles. The second-order valence-electron chi connectivity index (χ2n) is 8.38. The van der Waals surface area contributed by atoms with Gasteiger partial charge in [0.25, 0.3) is 5.91 Å². The molecule has 8 nitrogen and oxygen atoms in total. The number of amides is 4. The molecule has 5 rings (SSSR count). The number of aromatic nitrogens is 2. The molecule has 1 saturated carbocycles. The van der Waals surface area contributed by atoms with Crippen LogP contribution >= 0.6 is 0 Å². The quantitative estimate of drug-likeness (QED) is 0.762. The minimum Gasteiger partial charge on any atom is -0.319 e. The number of nitrogens with one attached hydrogen (secondary N) is 2. The van der Waals surface area contributed by atoms with Gasteiger partial charge in [-0.1, -0.05) is 37.1 Å². The van der Waals surface area contributed by atoms with Gasteiger partial charge in [0, 0.05) is 6.07 Å². The SMILES string of the molecule is O=C(CN1C(=O)NC2(CCCc3ccccc32)C1=O)Nc1ccnn1C1CCCC1. The minimum absolute atomic E-state index is 0.286. The fourth-order valence-corrected chi connectivity index (χ4v) is 5.13. The number of nitrogens with zero attached hydrogens (tertiary/aromatic N) is 3. The molecule has 156 valence electrons. The molecule has 1 spiro atoms. The number of anilines is 1. The highest BCUT2D eigenvalue weighted by Crippen LogP contribution is 2.39. The van der Waals surface area contributed by atoms with Crippen molar-refractivity contribution >= 4 is 23.7 Å². The second-order valence-corrected chi connectivity index (χ2v) is 8.38. The predicted molar refractivity (Wildman–Crippen MR) is 110 cm³/mol. The summed E-state index contributed by atoms with van der Waals surface area (Å²) < 4.78 is 1.84. The van der Waals surface area contributed by atoms with Gasteiger partial charge in [-0.3, -0.25) is 14.5 Å². The van der Waals surface area contributed by atoms with E-state index in [0.29, 0.717) is 12.2 Å². The zero-order valence-corrected chi connectivity index (χ0v) is 16.8. The van der Waals surface area contributed by atoms with Crippen LogP contribution in [0.4, 0.5) is 10.6 Å². The highest BCUT2D eigenvalue weighted by atomic mass is 16.2. The average Bonchev–Trinajstić information content (AvgIpc) is 3.47. The lowest BCUT2D eigenvalue weighted by atomic mass is 9.76. The van der Waals surface area contributed by atoms with Gasteiger partial charge in [-0.05, 0) is 43.2 Å². The normalized spacial score (nSPS) is 23.7. The van der Waals surface area contributed by atoms with Crippen molar-refractivity contribution in [3.05, 3.63) is 47.7 Å². The van der Waals surface area contributed by atoms with E-state index in [9.17, 15) is 14.4 Å². The Hall–Kier alpha value is -3.16. The van der Waals surface area contributed by atoms with Crippen molar-refractivity contribution in [1.29, 1.82) is 0 Å². The molecule has 0 radical (unpaired) electrons. The van der Waals surface area contributed by atoms with Crippen molar-refractivity contribution in [3.63, 3.8) is 0 Å². The molecule has 1 atom stereocenters. The van der Waals surface area contributed by atoms with Gasteiger partial charge in [0.05, 0.1) is 12.2 Å². The number of carbonyl (C=O) groups is 3. The van der Waals surface area contributed by atoms with Gasteiger partial charge in [-0.15, -0.1) is 0 Å². The lowest BCUT2D eigenvalue weighted by Gasteiger charge is -2.33. The van der Waals surface area contributed by atoms with E-state index >= 15 is 0 Å². The first-order chi connectivity index (χ1) is 14.6. The summed E-state index contributed by atoms with van der Waals surface area (Å²) in [5.41, 5.74) is 0.860. The molecule has 8 heteroatoms. The number of rotatable bonds is 4. The third kappa shape index (κ3) is 2.98. The van der Waals surface area contributed by atoms with Crippen molar-refractivity contribution < 1.29 is 14.4 Å². The number of urea groups is 1. The van der Waals surface area contributed by atoms with E-state index in [2.05, 4.69) is 15.7 Å². The lowest BCUT2D eigenvalue weighted by Crippen LogP contribution is -2.47. The molecule has 4 amide bonds. The van der Waals surface area contributed by atoms with Crippen LogP contribution in [0, 0.1) is 0 Å². The number of benzene rings is 1. The van der Waals surface area contributed by atoms with E-state index in [0.717, 1.165) is 54.6 Å². The fraction of sp³-hybridized carbons (Fsp3) is 0.455. The minimum atomic E-state index is -1.06. The van der Waals surface area contributed by atoms with Gasteiger partial charge >= 0.3 is 6.03 Å². The van der Waals surface area contributed by atoms with Gasteiger partial charge in [0.2, 0.25) is 5.91 Å². The Morgan fingerprint density at radius 1 is 1.17 bits per heavy atom. The van der Waals surface area contributed by atoms with E-state index in [1.807, 2.05) is 28.9 Å². The molecule has 2 N–H and O–H groups in total. The fourth-order valence-electron chi connectivity index (χ4n) is 5.13. The summed E-state index contributed by atoms with van der Waals surface area (Å²) in [6, 6.07) is 9.24. The van der Waals surface area contributed by atoms with Crippen LogP contribution in [0.15, 0.2) is 36.5 Å². The highest BCUT2D eigenvalue weighted by molar-refractivity contribution is 6.10. The van der Waals surface area contributed by atoms with E-state index in [-0.39, 0.29) is 18.5 Å². The van der Waals surface area contributed by atoms with Crippen LogP contribution in [-0.4, -0.2) is 39.1 Å². The summed E-state index contributed by atoms with van der Waals surface area (Å²) in [5.74, 6) is -0.143. The molecule has 3 aliphatic rings. The molecule has 1 aromatic carbocycles. The summed E-state index contributed by atoms with van der Waals surface area (Å²) in [6.45, 7) is -0.315. The van der Waals surface area contributed by atoms with Crippen LogP contribution in [0.25, 0.3) is 0 Å². The molecule has 2 heterocycles. The predicted octanol–water partition coefficient (Wildman–Crippen LogP) is 2.72. The van der Waals surface area contributed by atoms with Crippen molar-refractivity contribution in [1.82, 2.24) is 20.0 Å². The Kier molecular flexibility index (Phi) is 4.56. The average molecular weight is 407 g/mol. The number of hydrogen-bond donors (Lipinski definition) is 2. The van der Waals surface area contributed by atoms with Crippen LogP contribution in [0.2, 0.25) is 0 Å². The Morgan fingerprint density at radius 2 is 1.97 bits per heavy atom. The molecule has 1 aliphatic heterocycles. The number of hydrogen-bond acceptors (Lipinski definition) is 4. The zero-order chi connectivity index (χ0) is 20.7. The molecule has 0 bridgehead atoms. The van der Waals surface area contributed by atoms with Gasteiger partial charge in [0.15, 0.2) is 0 Å². The van der Waals surface area contributed by atoms with Gasteiger partial charge < -0.3 is 10.6 Å². The third-order valence-electron chi connectivity index (χ3n) is 6.56. The topological polar surface area (TPSA) is 96.3 Å². The van der Waals surface area contributed by atoms with Gasteiger partial charge in [0.1, 0.15) is 17.9 Å². The third-order valence-corrected chi connectivity index (χ3v) is 6.56. The zero-order valence-electron chi connectivity index (χ0n) is 16.8. The summed E-state index contributed by atoms with van der Waals surface area (Å²) in [4.78, 5) is 39.7. The van der Waals surface area contributed by atoms with Crippen LogP contribution in [0.1, 0.15) is 55.7 Å². The maximum Gasteiger partial charge on any atom is 0.325 e. The van der Waals surface area contributed by atoms with E-state index in [4.69, 9.17) is 0 Å². The smallest absolute Gasteiger partial charge is 0.319 e. The maximum atomic E-state index is 13.3. The summed E-state index contributed by atoms with van der Waals surface area (Å²) in [5, 5.41) is 10.1. The molecule has 30 heavy (non-hydrogen) atoms. The molecule has 1 saturated heterocycles. The number of imide groups is 1. The van der Waals surface area contributed by atoms with Crippen LogP contribution in [0.3, 0.4) is 0 Å². The Labute approximate surface area is 174 Å². The molecular formula is C22H25N5O3. The Bertz CT molecular complexity index is 1010. The first-order valence-electron chi connectivity index (χ1n) is 10.6. The van der Waals surface area contributed by atoms with E-state index < -0.39 is 17.5 Å². The standard InChI is InChI=1S/C22H25N5O3/c28-19(24-18-11-13-23-27(18)16-8-2-3-9-16)14-26-20(29)22(25-21(26)30)12-5-7-15-6-1-4-10-17(15)22/h1,4,6,10-11,13,16H,2-3,5,7-9,12,14H2,(H,24,28)(H,25,30). The summed E-state index contributed by atoms with van der Waals surface area (Å²) >= 11 is 0. The number of carbonyl (C=O) groups excluding carboxylic acids is 3. The molecule has 1 unspecified atom stereocenters. The molecule has 2 aliphatic carbocycles. The summed E-state index contributed by atoms with van der Waals surface area (Å²) in [7, 11) is 0. The van der Waals surface area contributed by atoms with Crippen LogP contribution < -0.4 is 10.6 Å². The first kappa shape index (κ1) is 18.8. The molecule has 2 fully saturated rings. The number of aryl methyl sites for hydroxylation is 1. The van der Waals surface area contributed by atoms with Crippen molar-refractivity contribution in [2.75, 3.05) is 11.9 Å². The van der Waals surface area contributed by atoms with Gasteiger partial charge in [-0.25, -0.2) is 9.48 Å². The van der Waals surface area contributed by atoms with Crippen molar-refractivity contribution in [2.24, 2.45) is 0 Å². The van der Waals surface area contributed by atoms with Crippen molar-refractivity contribution in [3.8, 4) is 0 Å². The van der Waals surface area contributed by atoms with Crippen LogP contribution in [-0.2, 0) is 21.5 Å². The second kappa shape index (κ2) is 7.27. The monoisotopic (exact) mass is 407 g/mol. The maximum absolute atomic E-state index is 13.3. The van der Waals surface area contributed by atoms with Crippen molar-refractivity contribution in [2.45, 2.75) is 56.5 Å². The van der Waals surface area contributed by atoms with E-state index in [1.165, 1.54) is 0 Å². The molecular weight excluding hydrogens is 382 g/mol. The number of fused-ring (bicyclic) bond motifs is 2. The Morgan fingerprint density at radius 3 is 2.80 bits per heavy atom. The lowest BCUT2D eigenvalue weighted by molar-refractivity contribution is -0.134. The van der Waals surface area contributed by atoms with Gasteiger partial charge in [-0.2, -0.15) is 5.10 Å². The highest BCUT2D eigenvalue weighted by Gasteiger charge is 2.54. The Balaban J connectivity index is 1.33.